The normalized spacial score (nSPS) is 11.1. The molecule has 0 spiro atoms. The highest BCUT2D eigenvalue weighted by Crippen LogP contribution is 2.30. The van der Waals surface area contributed by atoms with Crippen LogP contribution in [0, 0.1) is 0 Å². The Morgan fingerprint density at radius 3 is 2.70 bits per heavy atom. The van der Waals surface area contributed by atoms with Gasteiger partial charge in [0.15, 0.2) is 11.5 Å². The van der Waals surface area contributed by atoms with Crippen molar-refractivity contribution < 1.29 is 18.3 Å². The number of benzene rings is 1. The first kappa shape index (κ1) is 14.4. The van der Waals surface area contributed by atoms with Gasteiger partial charge in [-0.2, -0.15) is 0 Å². The van der Waals surface area contributed by atoms with Gasteiger partial charge in [-0.25, -0.2) is 13.4 Å². The SMILES string of the molecule is COc1ccc(NS(=O)(=O)c2cccnc2Cl)cc1O. The number of methoxy groups -OCH3 is 1. The first-order valence-electron chi connectivity index (χ1n) is 5.44. The van der Waals surface area contributed by atoms with Crippen molar-refractivity contribution in [2.24, 2.45) is 0 Å². The summed E-state index contributed by atoms with van der Waals surface area (Å²) in [6.45, 7) is 0. The highest BCUT2D eigenvalue weighted by atomic mass is 35.5. The maximum atomic E-state index is 12.1. The number of nitrogens with zero attached hydrogens (tertiary/aromatic N) is 1. The summed E-state index contributed by atoms with van der Waals surface area (Å²) in [5.74, 6) is 0.0670. The summed E-state index contributed by atoms with van der Waals surface area (Å²) in [7, 11) is -2.48. The maximum Gasteiger partial charge on any atom is 0.264 e. The molecule has 2 rings (SSSR count). The van der Waals surface area contributed by atoms with Crippen LogP contribution in [-0.2, 0) is 10.0 Å². The van der Waals surface area contributed by atoms with Crippen molar-refractivity contribution >= 4 is 27.3 Å². The van der Waals surface area contributed by atoms with E-state index in [2.05, 4.69) is 9.71 Å². The molecule has 0 unspecified atom stereocenters. The number of aromatic hydroxyl groups is 1. The monoisotopic (exact) mass is 314 g/mol. The fraction of sp³-hybridized carbons (Fsp3) is 0.0833. The van der Waals surface area contributed by atoms with Gasteiger partial charge in [-0.15, -0.1) is 0 Å². The first-order chi connectivity index (χ1) is 9.44. The van der Waals surface area contributed by atoms with Crippen molar-refractivity contribution in [3.8, 4) is 11.5 Å². The van der Waals surface area contributed by atoms with E-state index in [9.17, 15) is 13.5 Å². The third kappa shape index (κ3) is 2.94. The Labute approximate surface area is 121 Å². The van der Waals surface area contributed by atoms with E-state index in [1.807, 2.05) is 0 Å². The largest absolute Gasteiger partial charge is 0.504 e. The van der Waals surface area contributed by atoms with Crippen LogP contribution in [-0.4, -0.2) is 25.6 Å². The highest BCUT2D eigenvalue weighted by molar-refractivity contribution is 7.92. The summed E-state index contributed by atoms with van der Waals surface area (Å²) in [5, 5.41) is 9.49. The van der Waals surface area contributed by atoms with E-state index in [1.165, 1.54) is 43.6 Å². The van der Waals surface area contributed by atoms with Crippen molar-refractivity contribution in [1.82, 2.24) is 4.98 Å². The molecule has 2 N–H and O–H groups in total. The maximum absolute atomic E-state index is 12.1. The van der Waals surface area contributed by atoms with Crippen LogP contribution in [0.5, 0.6) is 11.5 Å². The van der Waals surface area contributed by atoms with Gasteiger partial charge in [0, 0.05) is 12.3 Å². The zero-order valence-corrected chi connectivity index (χ0v) is 11.9. The topological polar surface area (TPSA) is 88.5 Å². The molecule has 0 radical (unpaired) electrons. The molecule has 106 valence electrons. The fourth-order valence-corrected chi connectivity index (χ4v) is 3.04. The number of phenolic OH excluding ortho intramolecular Hbond substituents is 1. The minimum absolute atomic E-state index is 0.127. The van der Waals surface area contributed by atoms with Crippen molar-refractivity contribution in [2.45, 2.75) is 4.90 Å². The molecular weight excluding hydrogens is 304 g/mol. The fourth-order valence-electron chi connectivity index (χ4n) is 1.54. The molecular formula is C12H11ClN2O4S. The van der Waals surface area contributed by atoms with Crippen LogP contribution < -0.4 is 9.46 Å². The van der Waals surface area contributed by atoms with Crippen molar-refractivity contribution in [3.63, 3.8) is 0 Å². The van der Waals surface area contributed by atoms with Crippen LogP contribution in [0.3, 0.4) is 0 Å². The second kappa shape index (κ2) is 5.56. The predicted octanol–water partition coefficient (Wildman–Crippen LogP) is 2.25. The number of ether oxygens (including phenoxy) is 1. The summed E-state index contributed by atoms with van der Waals surface area (Å²) in [5.41, 5.74) is 0.184. The van der Waals surface area contributed by atoms with Crippen molar-refractivity contribution in [1.29, 1.82) is 0 Å². The van der Waals surface area contributed by atoms with E-state index in [1.54, 1.807) is 0 Å². The van der Waals surface area contributed by atoms with E-state index >= 15 is 0 Å². The number of phenols is 1. The van der Waals surface area contributed by atoms with Crippen molar-refractivity contribution in [3.05, 3.63) is 41.7 Å². The van der Waals surface area contributed by atoms with E-state index in [-0.39, 0.29) is 27.2 Å². The van der Waals surface area contributed by atoms with Crippen LogP contribution in [0.15, 0.2) is 41.4 Å². The van der Waals surface area contributed by atoms with Gasteiger partial charge in [-0.05, 0) is 24.3 Å². The molecule has 0 bridgehead atoms. The second-order valence-corrected chi connectivity index (χ2v) is 5.79. The van der Waals surface area contributed by atoms with Gasteiger partial charge < -0.3 is 9.84 Å². The minimum Gasteiger partial charge on any atom is -0.504 e. The van der Waals surface area contributed by atoms with Gasteiger partial charge in [0.2, 0.25) is 0 Å². The number of rotatable bonds is 4. The number of nitrogens with one attached hydrogen (secondary N) is 1. The number of anilines is 1. The van der Waals surface area contributed by atoms with Gasteiger partial charge in [-0.1, -0.05) is 11.6 Å². The van der Waals surface area contributed by atoms with Crippen LogP contribution in [0.25, 0.3) is 0 Å². The van der Waals surface area contributed by atoms with Gasteiger partial charge in [0.25, 0.3) is 10.0 Å². The molecule has 0 aliphatic heterocycles. The Kier molecular flexibility index (Phi) is 4.01. The summed E-state index contributed by atoms with van der Waals surface area (Å²) in [6, 6.07) is 6.94. The van der Waals surface area contributed by atoms with E-state index < -0.39 is 10.0 Å². The molecule has 2 aromatic rings. The van der Waals surface area contributed by atoms with E-state index in [4.69, 9.17) is 16.3 Å². The van der Waals surface area contributed by atoms with Gasteiger partial charge in [-0.3, -0.25) is 4.72 Å². The molecule has 0 aliphatic rings. The average molecular weight is 315 g/mol. The van der Waals surface area contributed by atoms with Gasteiger partial charge in [0.1, 0.15) is 10.0 Å². The minimum atomic E-state index is -3.88. The van der Waals surface area contributed by atoms with Crippen LogP contribution in [0.2, 0.25) is 5.15 Å². The molecule has 1 aromatic heterocycles. The molecule has 0 saturated carbocycles. The number of hydrogen-bond donors (Lipinski definition) is 2. The third-order valence-electron chi connectivity index (χ3n) is 2.45. The molecule has 0 amide bonds. The van der Waals surface area contributed by atoms with Gasteiger partial charge in [0.05, 0.1) is 12.8 Å². The molecule has 0 saturated heterocycles. The quantitative estimate of drug-likeness (QED) is 0.845. The summed E-state index contributed by atoms with van der Waals surface area (Å²) < 4.78 is 31.5. The van der Waals surface area contributed by atoms with Crippen molar-refractivity contribution in [2.75, 3.05) is 11.8 Å². The summed E-state index contributed by atoms with van der Waals surface area (Å²) in [4.78, 5) is 3.57. The van der Waals surface area contributed by atoms with Gasteiger partial charge >= 0.3 is 0 Å². The Morgan fingerprint density at radius 2 is 2.10 bits per heavy atom. The molecule has 0 fully saturated rings. The standard InChI is InChI=1S/C12H11ClN2O4S/c1-19-10-5-4-8(7-9(10)16)15-20(17,18)11-3-2-6-14-12(11)13/h2-7,15-16H,1H3. The molecule has 6 nitrogen and oxygen atoms in total. The number of pyridine rings is 1. The predicted molar refractivity (Wildman–Crippen MR) is 74.7 cm³/mol. The highest BCUT2D eigenvalue weighted by Gasteiger charge is 2.19. The lowest BCUT2D eigenvalue weighted by Crippen LogP contribution is -2.13. The molecule has 20 heavy (non-hydrogen) atoms. The lowest BCUT2D eigenvalue weighted by molar-refractivity contribution is 0.373. The lowest BCUT2D eigenvalue weighted by Gasteiger charge is -2.10. The Hall–Kier alpha value is -1.99. The zero-order valence-electron chi connectivity index (χ0n) is 10.4. The number of halogens is 1. The lowest BCUT2D eigenvalue weighted by atomic mass is 10.3. The summed E-state index contributed by atoms with van der Waals surface area (Å²) in [6.07, 6.45) is 1.39. The Balaban J connectivity index is 2.34. The number of hydrogen-bond acceptors (Lipinski definition) is 5. The molecule has 1 aromatic carbocycles. The zero-order chi connectivity index (χ0) is 14.8. The molecule has 0 aliphatic carbocycles. The second-order valence-electron chi connectivity index (χ2n) is 3.78. The summed E-state index contributed by atoms with van der Waals surface area (Å²) >= 11 is 5.75. The first-order valence-corrected chi connectivity index (χ1v) is 7.30. The third-order valence-corrected chi connectivity index (χ3v) is 4.27. The van der Waals surface area contributed by atoms with E-state index in [0.717, 1.165) is 0 Å². The van der Waals surface area contributed by atoms with Crippen LogP contribution in [0.4, 0.5) is 5.69 Å². The Morgan fingerprint density at radius 1 is 1.35 bits per heavy atom. The Bertz CT molecular complexity index is 734. The van der Waals surface area contributed by atoms with Crippen LogP contribution in [0.1, 0.15) is 0 Å². The van der Waals surface area contributed by atoms with E-state index in [0.29, 0.717) is 0 Å². The molecule has 0 atom stereocenters. The molecule has 1 heterocycles. The number of aromatic nitrogens is 1. The average Bonchev–Trinajstić information content (AvgIpc) is 2.38. The number of sulfonamides is 1. The van der Waals surface area contributed by atoms with Crippen LogP contribution >= 0.6 is 11.6 Å². The smallest absolute Gasteiger partial charge is 0.264 e. The molecule has 8 heteroatoms.